The summed E-state index contributed by atoms with van der Waals surface area (Å²) in [4.78, 5) is 27.7. The maximum Gasteiger partial charge on any atom is 0.387 e. The maximum absolute atomic E-state index is 10.6. The third-order valence-electron chi connectivity index (χ3n) is 0.773. The van der Waals surface area contributed by atoms with E-state index in [-0.39, 0.29) is 11.4 Å². The molecule has 0 aromatic heterocycles. The van der Waals surface area contributed by atoms with E-state index in [0.29, 0.717) is 0 Å². The van der Waals surface area contributed by atoms with E-state index in [1.807, 2.05) is 0 Å². The number of ether oxygens (including phenoxy) is 1. The van der Waals surface area contributed by atoms with Crippen molar-refractivity contribution in [3.63, 3.8) is 0 Å². The molecular formula is C4H6Cl3O5PS. The molecule has 0 aliphatic carbocycles. The highest BCUT2D eigenvalue weighted by Gasteiger charge is 2.40. The summed E-state index contributed by atoms with van der Waals surface area (Å²) < 4.78 is 12.9. The number of esters is 1. The van der Waals surface area contributed by atoms with E-state index in [9.17, 15) is 9.36 Å². The highest BCUT2D eigenvalue weighted by Crippen LogP contribution is 2.57. The van der Waals surface area contributed by atoms with Crippen LogP contribution in [0.3, 0.4) is 0 Å². The Balaban J connectivity index is 4.58. The molecule has 10 heteroatoms. The van der Waals surface area contributed by atoms with Crippen LogP contribution in [-0.4, -0.2) is 25.0 Å². The van der Waals surface area contributed by atoms with Gasteiger partial charge in [0.25, 0.3) is 0 Å². The van der Waals surface area contributed by atoms with Crippen LogP contribution < -0.4 is 0 Å². The lowest BCUT2D eigenvalue weighted by Gasteiger charge is -2.22. The largest absolute Gasteiger partial charge is 0.446 e. The molecule has 0 unspecified atom stereocenters. The van der Waals surface area contributed by atoms with Crippen LogP contribution in [0.15, 0.2) is 0 Å². The first-order valence-electron chi connectivity index (χ1n) is 3.00. The van der Waals surface area contributed by atoms with Gasteiger partial charge in [0.2, 0.25) is 9.23 Å². The summed E-state index contributed by atoms with van der Waals surface area (Å²) in [7, 11) is 0. The standard InChI is InChI=1S/C4H6Cl3O5PS/c1-2(8)12-3(4(5,6)7)14-13(9,10)11/h3H,1H3,(H2,9,10,11)/t3-/m0/s1. The molecule has 0 heterocycles. The average Bonchev–Trinajstić information content (AvgIpc) is 1.78. The molecule has 0 aliphatic heterocycles. The highest BCUT2D eigenvalue weighted by atomic mass is 35.6. The van der Waals surface area contributed by atoms with Crippen molar-refractivity contribution in [2.75, 3.05) is 0 Å². The lowest BCUT2D eigenvalue weighted by molar-refractivity contribution is -0.142. The van der Waals surface area contributed by atoms with E-state index < -0.39 is 22.0 Å². The molecule has 0 radical (unpaired) electrons. The van der Waals surface area contributed by atoms with Crippen molar-refractivity contribution in [2.45, 2.75) is 16.2 Å². The van der Waals surface area contributed by atoms with Crippen LogP contribution in [0.2, 0.25) is 0 Å². The summed E-state index contributed by atoms with van der Waals surface area (Å²) in [5.41, 5.74) is -1.55. The molecule has 0 aromatic carbocycles. The van der Waals surface area contributed by atoms with E-state index in [1.165, 1.54) is 0 Å². The first kappa shape index (κ1) is 14.8. The van der Waals surface area contributed by atoms with Gasteiger partial charge in [0, 0.05) is 18.3 Å². The topological polar surface area (TPSA) is 83.8 Å². The minimum Gasteiger partial charge on any atom is -0.446 e. The van der Waals surface area contributed by atoms with Crippen molar-refractivity contribution in [2.24, 2.45) is 0 Å². The molecule has 14 heavy (non-hydrogen) atoms. The Bertz CT molecular complexity index is 260. The fourth-order valence-corrected chi connectivity index (χ4v) is 3.42. The first-order valence-corrected chi connectivity index (χ1v) is 7.23. The Labute approximate surface area is 98.9 Å². The number of carbonyl (C=O) groups is 1. The Hall–Kier alpha value is 0.840. The molecule has 5 nitrogen and oxygen atoms in total. The SMILES string of the molecule is CC(=O)O[C@@H](SP(=O)(O)O)C(Cl)(Cl)Cl. The zero-order chi connectivity index (χ0) is 11.6. The number of alkyl halides is 3. The fourth-order valence-electron chi connectivity index (χ4n) is 0.424. The van der Waals surface area contributed by atoms with Gasteiger partial charge in [-0.25, -0.2) is 4.57 Å². The Morgan fingerprint density at radius 3 is 2.14 bits per heavy atom. The quantitative estimate of drug-likeness (QED) is 0.359. The molecule has 84 valence electrons. The van der Waals surface area contributed by atoms with Gasteiger partial charge in [-0.05, 0) is 0 Å². The predicted molar refractivity (Wildman–Crippen MR) is 55.5 cm³/mol. The number of hydrogen-bond donors (Lipinski definition) is 2. The van der Waals surface area contributed by atoms with Gasteiger partial charge in [-0.3, -0.25) is 4.79 Å². The van der Waals surface area contributed by atoms with E-state index >= 15 is 0 Å². The molecule has 2 N–H and O–H groups in total. The predicted octanol–water partition coefficient (Wildman–Crippen LogP) is 2.07. The number of halogens is 3. The number of hydrogen-bond acceptors (Lipinski definition) is 4. The summed E-state index contributed by atoms with van der Waals surface area (Å²) in [6.07, 6.45) is 0. The Kier molecular flexibility index (Phi) is 5.57. The van der Waals surface area contributed by atoms with E-state index in [4.69, 9.17) is 44.6 Å². The van der Waals surface area contributed by atoms with Crippen molar-refractivity contribution in [3.05, 3.63) is 0 Å². The molecule has 0 saturated carbocycles. The molecule has 0 rings (SSSR count). The highest BCUT2D eigenvalue weighted by molar-refractivity contribution is 8.54. The van der Waals surface area contributed by atoms with Gasteiger partial charge in [0.05, 0.1) is 0 Å². The zero-order valence-corrected chi connectivity index (χ0v) is 10.7. The van der Waals surface area contributed by atoms with E-state index in [0.717, 1.165) is 6.92 Å². The van der Waals surface area contributed by atoms with Crippen molar-refractivity contribution < 1.29 is 23.9 Å². The van der Waals surface area contributed by atoms with E-state index in [2.05, 4.69) is 4.74 Å². The lowest BCUT2D eigenvalue weighted by atomic mass is 10.7. The van der Waals surface area contributed by atoms with E-state index in [1.54, 1.807) is 0 Å². The second-order valence-electron chi connectivity index (χ2n) is 2.08. The van der Waals surface area contributed by atoms with Gasteiger partial charge in [0.15, 0.2) is 0 Å². The average molecular weight is 303 g/mol. The normalized spacial score (nSPS) is 15.0. The van der Waals surface area contributed by atoms with Crippen LogP contribution in [0.25, 0.3) is 0 Å². The Morgan fingerprint density at radius 2 is 1.93 bits per heavy atom. The van der Waals surface area contributed by atoms with Crippen LogP contribution in [0, 0.1) is 0 Å². The second-order valence-corrected chi connectivity index (χ2v) is 8.13. The zero-order valence-electron chi connectivity index (χ0n) is 6.69. The van der Waals surface area contributed by atoms with Crippen LogP contribution in [0.4, 0.5) is 0 Å². The van der Waals surface area contributed by atoms with Gasteiger partial charge in [-0.2, -0.15) is 0 Å². The van der Waals surface area contributed by atoms with Gasteiger partial charge < -0.3 is 14.5 Å². The summed E-state index contributed by atoms with van der Waals surface area (Å²) in [6.45, 7) is -3.46. The lowest BCUT2D eigenvalue weighted by Crippen LogP contribution is -2.27. The number of carbonyl (C=O) groups excluding carboxylic acids is 1. The van der Waals surface area contributed by atoms with Crippen molar-refractivity contribution in [1.82, 2.24) is 0 Å². The Morgan fingerprint density at radius 1 is 1.50 bits per heavy atom. The molecule has 0 fully saturated rings. The van der Waals surface area contributed by atoms with Crippen LogP contribution >= 0.6 is 53.0 Å². The first-order chi connectivity index (χ1) is 6.02. The molecule has 0 aliphatic rings. The third kappa shape index (κ3) is 7.17. The minimum atomic E-state index is -4.49. The van der Waals surface area contributed by atoms with Gasteiger partial charge in [-0.15, -0.1) is 0 Å². The molecule has 1 atom stereocenters. The third-order valence-corrected chi connectivity index (χ3v) is 4.07. The minimum absolute atomic E-state index is 0.0351. The molecule has 0 amide bonds. The summed E-state index contributed by atoms with van der Waals surface area (Å²) in [5.74, 6) is -0.803. The maximum atomic E-state index is 10.6. The molecule has 0 bridgehead atoms. The number of rotatable bonds is 3. The van der Waals surface area contributed by atoms with Gasteiger partial charge >= 0.3 is 12.8 Å². The summed E-state index contributed by atoms with van der Waals surface area (Å²) in [5, 5.41) is 0. The molecule has 0 aromatic rings. The monoisotopic (exact) mass is 302 g/mol. The second kappa shape index (κ2) is 5.25. The van der Waals surface area contributed by atoms with Crippen molar-refractivity contribution >= 4 is 59.0 Å². The molecule has 0 spiro atoms. The van der Waals surface area contributed by atoms with Crippen LogP contribution in [0.5, 0.6) is 0 Å². The smallest absolute Gasteiger partial charge is 0.387 e. The van der Waals surface area contributed by atoms with Crippen LogP contribution in [0.1, 0.15) is 6.92 Å². The molecular weight excluding hydrogens is 297 g/mol. The summed E-state index contributed by atoms with van der Waals surface area (Å²) >= 11 is 16.0. The van der Waals surface area contributed by atoms with Gasteiger partial charge in [0.1, 0.15) is 0 Å². The van der Waals surface area contributed by atoms with Crippen molar-refractivity contribution in [3.8, 4) is 0 Å². The molecule has 0 saturated heterocycles. The summed E-state index contributed by atoms with van der Waals surface area (Å²) in [6, 6.07) is 0. The van der Waals surface area contributed by atoms with Crippen LogP contribution in [-0.2, 0) is 14.1 Å². The van der Waals surface area contributed by atoms with Gasteiger partial charge in [-0.1, -0.05) is 34.8 Å². The fraction of sp³-hybridized carbons (Fsp3) is 0.750. The van der Waals surface area contributed by atoms with Crippen molar-refractivity contribution in [1.29, 1.82) is 0 Å².